The summed E-state index contributed by atoms with van der Waals surface area (Å²) in [5, 5.41) is 7.78. The molecule has 0 fully saturated rings. The van der Waals surface area contributed by atoms with Crippen molar-refractivity contribution in [3.8, 4) is 11.5 Å². The van der Waals surface area contributed by atoms with Gasteiger partial charge in [0.2, 0.25) is 6.79 Å². The monoisotopic (exact) mass is 274 g/mol. The molecule has 0 unspecified atom stereocenters. The second-order valence-electron chi connectivity index (χ2n) is 3.82. The summed E-state index contributed by atoms with van der Waals surface area (Å²) in [5.41, 5.74) is 3.90. The summed E-state index contributed by atoms with van der Waals surface area (Å²) in [5.74, 6) is 0.942. The van der Waals surface area contributed by atoms with Crippen LogP contribution in [0.2, 0.25) is 0 Å². The molecule has 19 heavy (non-hydrogen) atoms. The SMILES string of the molecule is O=C(N/N=C/c1ccsc1)c1ccc2c(c1)OCO2. The summed E-state index contributed by atoms with van der Waals surface area (Å²) < 4.78 is 10.4. The third kappa shape index (κ3) is 2.58. The first-order valence-electron chi connectivity index (χ1n) is 5.58. The first kappa shape index (κ1) is 11.7. The minimum Gasteiger partial charge on any atom is -0.454 e. The Morgan fingerprint density at radius 2 is 2.21 bits per heavy atom. The van der Waals surface area contributed by atoms with Crippen LogP contribution < -0.4 is 14.9 Å². The van der Waals surface area contributed by atoms with Gasteiger partial charge in [-0.2, -0.15) is 16.4 Å². The van der Waals surface area contributed by atoms with Crippen LogP contribution >= 0.6 is 11.3 Å². The third-order valence-electron chi connectivity index (χ3n) is 2.56. The summed E-state index contributed by atoms with van der Waals surface area (Å²) in [7, 11) is 0. The highest BCUT2D eigenvalue weighted by atomic mass is 32.1. The van der Waals surface area contributed by atoms with Crippen molar-refractivity contribution in [1.29, 1.82) is 0 Å². The quantitative estimate of drug-likeness (QED) is 0.689. The molecule has 1 aromatic heterocycles. The van der Waals surface area contributed by atoms with Crippen LogP contribution in [0, 0.1) is 0 Å². The van der Waals surface area contributed by atoms with Crippen molar-refractivity contribution >= 4 is 23.5 Å². The second-order valence-corrected chi connectivity index (χ2v) is 4.60. The summed E-state index contributed by atoms with van der Waals surface area (Å²) in [6, 6.07) is 6.93. The Bertz CT molecular complexity index is 623. The van der Waals surface area contributed by atoms with Gasteiger partial charge in [-0.1, -0.05) is 0 Å². The van der Waals surface area contributed by atoms with E-state index < -0.39 is 0 Å². The molecule has 1 amide bonds. The average Bonchev–Trinajstić information content (AvgIpc) is 3.08. The molecule has 5 nitrogen and oxygen atoms in total. The maximum Gasteiger partial charge on any atom is 0.271 e. The summed E-state index contributed by atoms with van der Waals surface area (Å²) in [4.78, 5) is 11.9. The molecule has 96 valence electrons. The zero-order valence-electron chi connectivity index (χ0n) is 9.83. The number of ether oxygens (including phenoxy) is 2. The Balaban J connectivity index is 1.67. The fourth-order valence-electron chi connectivity index (χ4n) is 1.62. The largest absolute Gasteiger partial charge is 0.454 e. The Morgan fingerprint density at radius 3 is 3.05 bits per heavy atom. The van der Waals surface area contributed by atoms with Crippen molar-refractivity contribution in [3.63, 3.8) is 0 Å². The number of carbonyl (C=O) groups is 1. The van der Waals surface area contributed by atoms with Crippen molar-refractivity contribution in [2.24, 2.45) is 5.10 Å². The van der Waals surface area contributed by atoms with Gasteiger partial charge in [-0.15, -0.1) is 0 Å². The first-order chi connectivity index (χ1) is 9.33. The maximum absolute atomic E-state index is 11.9. The zero-order chi connectivity index (χ0) is 13.1. The standard InChI is InChI=1S/C13H10N2O3S/c16-13(15-14-6-9-3-4-19-7-9)10-1-2-11-12(5-10)18-8-17-11/h1-7H,8H2,(H,15,16)/b14-6+. The second kappa shape index (κ2) is 5.11. The van der Waals surface area contributed by atoms with Crippen molar-refractivity contribution in [2.45, 2.75) is 0 Å². The highest BCUT2D eigenvalue weighted by Crippen LogP contribution is 2.32. The van der Waals surface area contributed by atoms with Crippen molar-refractivity contribution < 1.29 is 14.3 Å². The first-order valence-corrected chi connectivity index (χ1v) is 6.52. The smallest absolute Gasteiger partial charge is 0.271 e. The number of hydrogen-bond acceptors (Lipinski definition) is 5. The number of thiophene rings is 1. The van der Waals surface area contributed by atoms with E-state index in [0.717, 1.165) is 5.56 Å². The number of hydrogen-bond donors (Lipinski definition) is 1. The van der Waals surface area contributed by atoms with Crippen LogP contribution in [0.3, 0.4) is 0 Å². The van der Waals surface area contributed by atoms with E-state index in [1.54, 1.807) is 35.8 Å². The molecule has 0 spiro atoms. The molecule has 1 aromatic carbocycles. The topological polar surface area (TPSA) is 59.9 Å². The van der Waals surface area contributed by atoms with Gasteiger partial charge < -0.3 is 9.47 Å². The summed E-state index contributed by atoms with van der Waals surface area (Å²) >= 11 is 1.57. The molecule has 1 aliphatic heterocycles. The predicted octanol–water partition coefficient (Wildman–Crippen LogP) is 2.24. The van der Waals surface area contributed by atoms with Gasteiger partial charge in [-0.3, -0.25) is 4.79 Å². The van der Waals surface area contributed by atoms with Gasteiger partial charge in [-0.05, 0) is 35.0 Å². The van der Waals surface area contributed by atoms with Crippen LogP contribution in [0.1, 0.15) is 15.9 Å². The number of nitrogens with one attached hydrogen (secondary N) is 1. The van der Waals surface area contributed by atoms with Gasteiger partial charge in [0.15, 0.2) is 11.5 Å². The van der Waals surface area contributed by atoms with Crippen molar-refractivity contribution in [1.82, 2.24) is 5.43 Å². The molecular formula is C13H10N2O3S. The lowest BCUT2D eigenvalue weighted by Gasteiger charge is -2.01. The summed E-state index contributed by atoms with van der Waals surface area (Å²) in [6.45, 7) is 0.191. The Morgan fingerprint density at radius 1 is 1.32 bits per heavy atom. The molecule has 0 bridgehead atoms. The van der Waals surface area contributed by atoms with E-state index in [2.05, 4.69) is 10.5 Å². The minimum atomic E-state index is -0.287. The lowest BCUT2D eigenvalue weighted by atomic mass is 10.2. The fourth-order valence-corrected chi connectivity index (χ4v) is 2.23. The minimum absolute atomic E-state index is 0.191. The summed E-state index contributed by atoms with van der Waals surface area (Å²) in [6.07, 6.45) is 1.60. The van der Waals surface area contributed by atoms with Gasteiger partial charge in [0.1, 0.15) is 0 Å². The molecule has 2 heterocycles. The highest BCUT2D eigenvalue weighted by molar-refractivity contribution is 7.08. The van der Waals surface area contributed by atoms with Crippen LogP contribution in [0.4, 0.5) is 0 Å². The van der Waals surface area contributed by atoms with E-state index in [-0.39, 0.29) is 12.7 Å². The Kier molecular flexibility index (Phi) is 3.16. The number of nitrogens with zero attached hydrogens (tertiary/aromatic N) is 1. The number of carbonyl (C=O) groups excluding carboxylic acids is 1. The van der Waals surface area contributed by atoms with Crippen LogP contribution in [0.15, 0.2) is 40.1 Å². The number of hydrazone groups is 1. The number of amides is 1. The van der Waals surface area contributed by atoms with Gasteiger partial charge in [-0.25, -0.2) is 5.43 Å². The Hall–Kier alpha value is -2.34. The number of rotatable bonds is 3. The van der Waals surface area contributed by atoms with Gasteiger partial charge in [0, 0.05) is 11.1 Å². The normalized spacial score (nSPS) is 12.8. The van der Waals surface area contributed by atoms with Crippen molar-refractivity contribution in [3.05, 3.63) is 46.2 Å². The zero-order valence-corrected chi connectivity index (χ0v) is 10.6. The van der Waals surface area contributed by atoms with Crippen LogP contribution in [0.25, 0.3) is 0 Å². The molecule has 0 saturated heterocycles. The number of benzene rings is 1. The Labute approximate surface area is 113 Å². The lowest BCUT2D eigenvalue weighted by molar-refractivity contribution is 0.0954. The van der Waals surface area contributed by atoms with Crippen LogP contribution in [-0.4, -0.2) is 18.9 Å². The maximum atomic E-state index is 11.9. The van der Waals surface area contributed by atoms with Crippen molar-refractivity contribution in [2.75, 3.05) is 6.79 Å². The van der Waals surface area contributed by atoms with E-state index in [9.17, 15) is 4.79 Å². The molecule has 6 heteroatoms. The molecule has 3 rings (SSSR count). The molecule has 0 radical (unpaired) electrons. The van der Waals surface area contributed by atoms with E-state index in [0.29, 0.717) is 17.1 Å². The fraction of sp³-hybridized carbons (Fsp3) is 0.0769. The number of fused-ring (bicyclic) bond motifs is 1. The molecule has 0 atom stereocenters. The predicted molar refractivity (Wildman–Crippen MR) is 71.9 cm³/mol. The average molecular weight is 274 g/mol. The van der Waals surface area contributed by atoms with Crippen LogP contribution in [-0.2, 0) is 0 Å². The van der Waals surface area contributed by atoms with Gasteiger partial charge in [0.05, 0.1) is 6.21 Å². The molecule has 1 aliphatic rings. The van der Waals surface area contributed by atoms with Gasteiger partial charge >= 0.3 is 0 Å². The van der Waals surface area contributed by atoms with E-state index in [4.69, 9.17) is 9.47 Å². The molecular weight excluding hydrogens is 264 g/mol. The third-order valence-corrected chi connectivity index (χ3v) is 3.26. The molecule has 2 aromatic rings. The van der Waals surface area contributed by atoms with E-state index in [1.165, 1.54) is 0 Å². The van der Waals surface area contributed by atoms with E-state index in [1.807, 2.05) is 16.8 Å². The lowest BCUT2D eigenvalue weighted by Crippen LogP contribution is -2.17. The highest BCUT2D eigenvalue weighted by Gasteiger charge is 2.15. The van der Waals surface area contributed by atoms with E-state index >= 15 is 0 Å². The van der Waals surface area contributed by atoms with Gasteiger partial charge in [0.25, 0.3) is 5.91 Å². The molecule has 0 aliphatic carbocycles. The van der Waals surface area contributed by atoms with Crippen LogP contribution in [0.5, 0.6) is 11.5 Å². The molecule has 1 N–H and O–H groups in total. The molecule has 0 saturated carbocycles.